The molecule has 0 amide bonds. The lowest BCUT2D eigenvalue weighted by Crippen LogP contribution is -2.41. The smallest absolute Gasteiger partial charge is 0.298 e. The first-order valence-electron chi connectivity index (χ1n) is 4.62. The molecule has 0 saturated heterocycles. The van der Waals surface area contributed by atoms with E-state index in [1.54, 1.807) is 0 Å². The minimum atomic E-state index is -3.82. The number of benzene rings is 1. The van der Waals surface area contributed by atoms with Gasteiger partial charge in [-0.2, -0.15) is 8.42 Å². The molecule has 0 aliphatic carbocycles. The minimum Gasteiger partial charge on any atom is -0.369 e. The van der Waals surface area contributed by atoms with E-state index in [1.807, 2.05) is 35.1 Å². The zero-order valence-electron chi connectivity index (χ0n) is 8.63. The average Bonchev–Trinajstić information content (AvgIpc) is 2.16. The van der Waals surface area contributed by atoms with Crippen molar-refractivity contribution >= 4 is 16.2 Å². The van der Waals surface area contributed by atoms with E-state index in [0.717, 1.165) is 5.56 Å². The number of guanidine groups is 1. The summed E-state index contributed by atoms with van der Waals surface area (Å²) in [4.78, 5) is 3.83. The average molecular weight is 242 g/mol. The molecule has 5 N–H and O–H groups in total. The first kappa shape index (κ1) is 12.5. The predicted octanol–water partition coefficient (Wildman–Crippen LogP) is -0.663. The van der Waals surface area contributed by atoms with E-state index in [9.17, 15) is 8.42 Å². The molecule has 0 heterocycles. The first-order chi connectivity index (χ1) is 7.47. The fourth-order valence-electron chi connectivity index (χ4n) is 1.13. The first-order valence-corrected chi connectivity index (χ1v) is 6.16. The molecule has 7 heteroatoms. The van der Waals surface area contributed by atoms with Crippen LogP contribution in [-0.2, 0) is 16.6 Å². The quantitative estimate of drug-likeness (QED) is 0.481. The molecule has 0 radical (unpaired) electrons. The van der Waals surface area contributed by atoms with E-state index >= 15 is 0 Å². The van der Waals surface area contributed by atoms with E-state index < -0.39 is 10.2 Å². The van der Waals surface area contributed by atoms with Crippen LogP contribution in [0, 0.1) is 0 Å². The molecule has 0 saturated carbocycles. The van der Waals surface area contributed by atoms with Crippen molar-refractivity contribution in [3.8, 4) is 0 Å². The molecule has 88 valence electrons. The van der Waals surface area contributed by atoms with Crippen LogP contribution < -0.4 is 15.6 Å². The Balaban J connectivity index is 2.43. The number of hydrogen-bond acceptors (Lipinski definition) is 3. The van der Waals surface area contributed by atoms with Gasteiger partial charge >= 0.3 is 0 Å². The van der Waals surface area contributed by atoms with Crippen LogP contribution in [0.5, 0.6) is 0 Å². The third-order valence-electron chi connectivity index (χ3n) is 1.77. The molecule has 0 spiro atoms. The van der Waals surface area contributed by atoms with Crippen molar-refractivity contribution in [3.05, 3.63) is 35.9 Å². The molecule has 0 bridgehead atoms. The summed E-state index contributed by atoms with van der Waals surface area (Å²) in [5.74, 6) is -0.196. The van der Waals surface area contributed by atoms with E-state index in [1.165, 1.54) is 0 Å². The lowest BCUT2D eigenvalue weighted by molar-refractivity contribution is 0.594. The summed E-state index contributed by atoms with van der Waals surface area (Å²) < 4.78 is 23.0. The topological polar surface area (TPSA) is 111 Å². The number of rotatable bonds is 4. The summed E-state index contributed by atoms with van der Waals surface area (Å²) in [5.41, 5.74) is 6.41. The Bertz CT molecular complexity index is 456. The molecule has 6 nitrogen and oxygen atoms in total. The van der Waals surface area contributed by atoms with Crippen LogP contribution in [0.1, 0.15) is 5.56 Å². The van der Waals surface area contributed by atoms with Gasteiger partial charge in [-0.1, -0.05) is 30.3 Å². The number of nitrogens with zero attached hydrogens (tertiary/aromatic N) is 1. The van der Waals surface area contributed by atoms with Crippen molar-refractivity contribution in [3.63, 3.8) is 0 Å². The molecular weight excluding hydrogens is 228 g/mol. The second-order valence-corrected chi connectivity index (χ2v) is 4.44. The molecule has 0 atom stereocenters. The summed E-state index contributed by atoms with van der Waals surface area (Å²) in [5, 5.41) is 4.72. The summed E-state index contributed by atoms with van der Waals surface area (Å²) in [6, 6.07) is 9.68. The second-order valence-electron chi connectivity index (χ2n) is 3.15. The molecule has 0 unspecified atom stereocenters. The second kappa shape index (κ2) is 5.47. The maximum absolute atomic E-state index is 10.6. The van der Waals surface area contributed by atoms with Gasteiger partial charge in [0.2, 0.25) is 5.96 Å². The van der Waals surface area contributed by atoms with Gasteiger partial charge in [-0.15, -0.1) is 0 Å². The van der Waals surface area contributed by atoms with Gasteiger partial charge in [0.1, 0.15) is 0 Å². The normalized spacial score (nSPS) is 12.4. The molecule has 0 aromatic heterocycles. The highest BCUT2D eigenvalue weighted by Gasteiger charge is 2.01. The van der Waals surface area contributed by atoms with Crippen LogP contribution in [-0.4, -0.2) is 20.9 Å². The van der Waals surface area contributed by atoms with Crippen LogP contribution in [0.15, 0.2) is 35.3 Å². The Kier molecular flexibility index (Phi) is 4.27. The van der Waals surface area contributed by atoms with Gasteiger partial charge in [0.25, 0.3) is 10.2 Å². The largest absolute Gasteiger partial charge is 0.369 e. The van der Waals surface area contributed by atoms with Crippen LogP contribution >= 0.6 is 0 Å². The predicted molar refractivity (Wildman–Crippen MR) is 62.9 cm³/mol. The van der Waals surface area contributed by atoms with Crippen molar-refractivity contribution in [2.75, 3.05) is 6.54 Å². The fourth-order valence-corrected chi connectivity index (χ4v) is 1.48. The summed E-state index contributed by atoms with van der Waals surface area (Å²) in [6.07, 6.45) is 0.688. The number of nitrogens with one attached hydrogen (secondary N) is 1. The Morgan fingerprint density at radius 2 is 1.94 bits per heavy atom. The SMILES string of the molecule is NC(=NCCc1ccccc1)NS(N)(=O)=O. The highest BCUT2D eigenvalue weighted by molar-refractivity contribution is 7.87. The minimum absolute atomic E-state index is 0.196. The standard InChI is InChI=1S/C9H14N4O2S/c10-9(13-16(11,14)15)12-7-6-8-4-2-1-3-5-8/h1-5H,6-7H2,(H3,10,12,13)(H2,11,14,15). The molecule has 0 fully saturated rings. The van der Waals surface area contributed by atoms with E-state index in [2.05, 4.69) is 4.99 Å². The Labute approximate surface area is 94.5 Å². The molecule has 0 aliphatic heterocycles. The summed E-state index contributed by atoms with van der Waals surface area (Å²) >= 11 is 0. The summed E-state index contributed by atoms with van der Waals surface area (Å²) in [7, 11) is -3.82. The van der Waals surface area contributed by atoms with E-state index in [4.69, 9.17) is 10.9 Å². The lowest BCUT2D eigenvalue weighted by atomic mass is 10.2. The van der Waals surface area contributed by atoms with Crippen LogP contribution in [0.2, 0.25) is 0 Å². The third kappa shape index (κ3) is 5.32. The molecule has 1 rings (SSSR count). The highest BCUT2D eigenvalue weighted by Crippen LogP contribution is 1.98. The van der Waals surface area contributed by atoms with Gasteiger partial charge in [-0.25, -0.2) is 9.86 Å². The maximum atomic E-state index is 10.6. The number of nitrogens with two attached hydrogens (primary N) is 2. The van der Waals surface area contributed by atoms with E-state index in [0.29, 0.717) is 13.0 Å². The monoisotopic (exact) mass is 242 g/mol. The summed E-state index contributed by atoms with van der Waals surface area (Å²) in [6.45, 7) is 0.401. The Morgan fingerprint density at radius 3 is 2.50 bits per heavy atom. The highest BCUT2D eigenvalue weighted by atomic mass is 32.2. The fraction of sp³-hybridized carbons (Fsp3) is 0.222. The van der Waals surface area contributed by atoms with Gasteiger partial charge in [0, 0.05) is 6.54 Å². The zero-order chi connectivity index (χ0) is 12.0. The van der Waals surface area contributed by atoms with Crippen molar-refractivity contribution in [1.82, 2.24) is 4.72 Å². The number of aliphatic imine (C=N–C) groups is 1. The van der Waals surface area contributed by atoms with Gasteiger partial charge in [-0.05, 0) is 12.0 Å². The molecule has 1 aromatic rings. The molecule has 0 aliphatic rings. The molecular formula is C9H14N4O2S. The van der Waals surface area contributed by atoms with Gasteiger partial charge < -0.3 is 5.73 Å². The third-order valence-corrected chi connectivity index (χ3v) is 2.27. The lowest BCUT2D eigenvalue weighted by Gasteiger charge is -2.02. The van der Waals surface area contributed by atoms with Crippen molar-refractivity contribution in [2.24, 2.45) is 15.9 Å². The van der Waals surface area contributed by atoms with Crippen LogP contribution in [0.25, 0.3) is 0 Å². The maximum Gasteiger partial charge on any atom is 0.298 e. The van der Waals surface area contributed by atoms with Crippen molar-refractivity contribution < 1.29 is 8.42 Å². The van der Waals surface area contributed by atoms with E-state index in [-0.39, 0.29) is 5.96 Å². The molecule has 1 aromatic carbocycles. The number of hydrogen-bond donors (Lipinski definition) is 3. The van der Waals surface area contributed by atoms with Crippen molar-refractivity contribution in [2.45, 2.75) is 6.42 Å². The Morgan fingerprint density at radius 1 is 1.31 bits per heavy atom. The molecule has 16 heavy (non-hydrogen) atoms. The van der Waals surface area contributed by atoms with Gasteiger partial charge in [0.05, 0.1) is 0 Å². The van der Waals surface area contributed by atoms with Crippen molar-refractivity contribution in [1.29, 1.82) is 0 Å². The Hall–Kier alpha value is -1.60. The van der Waals surface area contributed by atoms with Crippen LogP contribution in [0.4, 0.5) is 0 Å². The van der Waals surface area contributed by atoms with Crippen LogP contribution in [0.3, 0.4) is 0 Å². The van der Waals surface area contributed by atoms with Gasteiger partial charge in [-0.3, -0.25) is 4.99 Å². The zero-order valence-corrected chi connectivity index (χ0v) is 9.44. The van der Waals surface area contributed by atoms with Gasteiger partial charge in [0.15, 0.2) is 0 Å².